The van der Waals surface area contributed by atoms with Gasteiger partial charge in [-0.1, -0.05) is 32.0 Å². The average Bonchev–Trinajstić information content (AvgIpc) is 2.41. The van der Waals surface area contributed by atoms with Crippen LogP contribution in [0.5, 0.6) is 0 Å². The van der Waals surface area contributed by atoms with Crippen molar-refractivity contribution < 1.29 is 5.11 Å². The first-order valence-corrected chi connectivity index (χ1v) is 7.28. The third-order valence-corrected chi connectivity index (χ3v) is 4.28. The molecule has 0 aromatic heterocycles. The number of benzene rings is 1. The van der Waals surface area contributed by atoms with Crippen molar-refractivity contribution >= 4 is 11.8 Å². The third-order valence-electron chi connectivity index (χ3n) is 3.27. The molecule has 17 heavy (non-hydrogen) atoms. The van der Waals surface area contributed by atoms with Crippen molar-refractivity contribution in [1.82, 2.24) is 5.32 Å². The molecule has 0 aliphatic rings. The first kappa shape index (κ1) is 14.6. The van der Waals surface area contributed by atoms with Crippen LogP contribution in [0.15, 0.2) is 35.2 Å². The number of nitrogens with one attached hydrogen (secondary N) is 1. The van der Waals surface area contributed by atoms with Crippen LogP contribution in [0.2, 0.25) is 0 Å². The van der Waals surface area contributed by atoms with E-state index in [4.69, 9.17) is 0 Å². The van der Waals surface area contributed by atoms with Gasteiger partial charge in [-0.2, -0.15) is 0 Å². The SMILES string of the molecule is CCC(CC)(CO)NCCSc1ccccc1. The molecule has 0 heterocycles. The maximum Gasteiger partial charge on any atom is 0.0613 e. The Hall–Kier alpha value is -0.510. The summed E-state index contributed by atoms with van der Waals surface area (Å²) >= 11 is 1.85. The van der Waals surface area contributed by atoms with Crippen molar-refractivity contribution in [1.29, 1.82) is 0 Å². The number of thioether (sulfide) groups is 1. The van der Waals surface area contributed by atoms with E-state index < -0.39 is 0 Å². The average molecular weight is 253 g/mol. The van der Waals surface area contributed by atoms with E-state index in [1.807, 2.05) is 17.8 Å². The largest absolute Gasteiger partial charge is 0.394 e. The summed E-state index contributed by atoms with van der Waals surface area (Å²) in [7, 11) is 0. The van der Waals surface area contributed by atoms with Gasteiger partial charge < -0.3 is 10.4 Å². The fourth-order valence-corrected chi connectivity index (χ4v) is 2.57. The van der Waals surface area contributed by atoms with Gasteiger partial charge in [0.25, 0.3) is 0 Å². The fourth-order valence-electron chi connectivity index (χ4n) is 1.78. The van der Waals surface area contributed by atoms with E-state index in [2.05, 4.69) is 43.4 Å². The zero-order chi connectivity index (χ0) is 12.6. The molecule has 0 fully saturated rings. The van der Waals surface area contributed by atoms with Crippen LogP contribution in [0, 0.1) is 0 Å². The first-order valence-electron chi connectivity index (χ1n) is 6.30. The van der Waals surface area contributed by atoms with Crippen LogP contribution in [0.3, 0.4) is 0 Å². The summed E-state index contributed by atoms with van der Waals surface area (Å²) in [6.07, 6.45) is 1.94. The summed E-state index contributed by atoms with van der Waals surface area (Å²) < 4.78 is 0. The quantitative estimate of drug-likeness (QED) is 0.552. The molecule has 0 spiro atoms. The lowest BCUT2D eigenvalue weighted by atomic mass is 9.94. The summed E-state index contributed by atoms with van der Waals surface area (Å²) in [5.74, 6) is 1.03. The second-order valence-corrected chi connectivity index (χ2v) is 5.40. The number of rotatable bonds is 8. The van der Waals surface area contributed by atoms with E-state index >= 15 is 0 Å². The van der Waals surface area contributed by atoms with Gasteiger partial charge in [-0.05, 0) is 25.0 Å². The minimum atomic E-state index is -0.0861. The van der Waals surface area contributed by atoms with Gasteiger partial charge in [0.05, 0.1) is 6.61 Å². The Morgan fingerprint density at radius 2 is 1.82 bits per heavy atom. The number of hydrogen-bond donors (Lipinski definition) is 2. The number of aliphatic hydroxyl groups excluding tert-OH is 1. The molecule has 2 nitrogen and oxygen atoms in total. The second kappa shape index (κ2) is 7.75. The monoisotopic (exact) mass is 253 g/mol. The highest BCUT2D eigenvalue weighted by atomic mass is 32.2. The van der Waals surface area contributed by atoms with Crippen molar-refractivity contribution in [2.24, 2.45) is 0 Å². The van der Waals surface area contributed by atoms with E-state index in [1.54, 1.807) is 0 Å². The Labute approximate surface area is 109 Å². The zero-order valence-corrected chi connectivity index (χ0v) is 11.6. The third kappa shape index (κ3) is 4.70. The highest BCUT2D eigenvalue weighted by Gasteiger charge is 2.23. The van der Waals surface area contributed by atoms with Gasteiger partial charge in [-0.3, -0.25) is 0 Å². The predicted molar refractivity (Wildman–Crippen MR) is 75.6 cm³/mol. The summed E-state index contributed by atoms with van der Waals surface area (Å²) in [5.41, 5.74) is -0.0861. The van der Waals surface area contributed by atoms with Crippen molar-refractivity contribution in [3.8, 4) is 0 Å². The maximum absolute atomic E-state index is 9.42. The highest BCUT2D eigenvalue weighted by Crippen LogP contribution is 2.18. The molecule has 0 atom stereocenters. The van der Waals surface area contributed by atoms with E-state index in [0.29, 0.717) is 0 Å². The van der Waals surface area contributed by atoms with Gasteiger partial charge in [0.15, 0.2) is 0 Å². The Balaban J connectivity index is 2.28. The topological polar surface area (TPSA) is 32.3 Å². The molecule has 0 saturated heterocycles. The smallest absolute Gasteiger partial charge is 0.0613 e. The molecular formula is C14H23NOS. The van der Waals surface area contributed by atoms with E-state index in [9.17, 15) is 5.11 Å². The lowest BCUT2D eigenvalue weighted by molar-refractivity contribution is 0.153. The molecule has 1 aromatic rings. The van der Waals surface area contributed by atoms with Crippen LogP contribution in [-0.2, 0) is 0 Å². The molecule has 96 valence electrons. The Bertz CT molecular complexity index is 290. The summed E-state index contributed by atoms with van der Waals surface area (Å²) in [6.45, 7) is 5.39. The molecule has 0 aliphatic carbocycles. The summed E-state index contributed by atoms with van der Waals surface area (Å²) in [5, 5.41) is 12.9. The van der Waals surface area contributed by atoms with Gasteiger partial charge >= 0.3 is 0 Å². The van der Waals surface area contributed by atoms with Gasteiger partial charge in [-0.25, -0.2) is 0 Å². The predicted octanol–water partition coefficient (Wildman–Crippen LogP) is 2.92. The van der Waals surface area contributed by atoms with Crippen LogP contribution in [0.25, 0.3) is 0 Å². The second-order valence-electron chi connectivity index (χ2n) is 4.23. The molecule has 0 aliphatic heterocycles. The van der Waals surface area contributed by atoms with Gasteiger partial charge in [0, 0.05) is 22.7 Å². The van der Waals surface area contributed by atoms with Gasteiger partial charge in [-0.15, -0.1) is 11.8 Å². The van der Waals surface area contributed by atoms with Crippen LogP contribution in [0.1, 0.15) is 26.7 Å². The maximum atomic E-state index is 9.42. The number of hydrogen-bond acceptors (Lipinski definition) is 3. The molecule has 1 aromatic carbocycles. The van der Waals surface area contributed by atoms with Crippen LogP contribution < -0.4 is 5.32 Å². The first-order chi connectivity index (χ1) is 8.26. The van der Waals surface area contributed by atoms with Crippen LogP contribution in [0.4, 0.5) is 0 Å². The van der Waals surface area contributed by atoms with Crippen molar-refractivity contribution in [2.45, 2.75) is 37.1 Å². The standard InChI is InChI=1S/C14H23NOS/c1-3-14(4-2,12-16)15-10-11-17-13-8-6-5-7-9-13/h5-9,15-16H,3-4,10-12H2,1-2H3. The molecule has 0 radical (unpaired) electrons. The summed E-state index contributed by atoms with van der Waals surface area (Å²) in [6, 6.07) is 10.4. The normalized spacial score (nSPS) is 11.7. The molecule has 0 unspecified atom stereocenters. The lowest BCUT2D eigenvalue weighted by Crippen LogP contribution is -2.48. The number of aliphatic hydroxyl groups is 1. The molecule has 0 amide bonds. The van der Waals surface area contributed by atoms with E-state index in [-0.39, 0.29) is 12.1 Å². The Morgan fingerprint density at radius 3 is 2.35 bits per heavy atom. The molecule has 0 saturated carbocycles. The highest BCUT2D eigenvalue weighted by molar-refractivity contribution is 7.99. The van der Waals surface area contributed by atoms with E-state index in [1.165, 1.54) is 4.90 Å². The molecular weight excluding hydrogens is 230 g/mol. The zero-order valence-electron chi connectivity index (χ0n) is 10.8. The van der Waals surface area contributed by atoms with Crippen molar-refractivity contribution in [3.63, 3.8) is 0 Å². The Morgan fingerprint density at radius 1 is 1.18 bits per heavy atom. The molecule has 2 N–H and O–H groups in total. The molecule has 3 heteroatoms. The van der Waals surface area contributed by atoms with E-state index in [0.717, 1.165) is 25.1 Å². The van der Waals surface area contributed by atoms with Crippen LogP contribution >= 0.6 is 11.8 Å². The van der Waals surface area contributed by atoms with Crippen LogP contribution in [-0.4, -0.2) is 29.5 Å². The minimum Gasteiger partial charge on any atom is -0.394 e. The minimum absolute atomic E-state index is 0.0861. The lowest BCUT2D eigenvalue weighted by Gasteiger charge is -2.30. The van der Waals surface area contributed by atoms with Crippen molar-refractivity contribution in [2.75, 3.05) is 18.9 Å². The summed E-state index contributed by atoms with van der Waals surface area (Å²) in [4.78, 5) is 1.30. The fraction of sp³-hybridized carbons (Fsp3) is 0.571. The molecule has 0 bridgehead atoms. The Kier molecular flexibility index (Phi) is 6.63. The van der Waals surface area contributed by atoms with Gasteiger partial charge in [0.1, 0.15) is 0 Å². The van der Waals surface area contributed by atoms with Gasteiger partial charge in [0.2, 0.25) is 0 Å². The van der Waals surface area contributed by atoms with Crippen molar-refractivity contribution in [3.05, 3.63) is 30.3 Å². The molecule has 1 rings (SSSR count).